The molecule has 1 atom stereocenters. The van der Waals surface area contributed by atoms with E-state index in [1.165, 1.54) is 20.5 Å². The zero-order valence-corrected chi connectivity index (χ0v) is 11.7. The SMILES string of the molecule is CCc1sc2ccccc2c1C1C=CNC=N1.Cl. The Balaban J connectivity index is 0.00000120. The number of hydrogen-bond donors (Lipinski definition) is 1. The quantitative estimate of drug-likeness (QED) is 0.880. The number of aliphatic imine (C=N–C) groups is 1. The lowest BCUT2D eigenvalue weighted by Crippen LogP contribution is -2.09. The molecule has 0 spiro atoms. The van der Waals surface area contributed by atoms with Crippen LogP contribution in [0.2, 0.25) is 0 Å². The summed E-state index contributed by atoms with van der Waals surface area (Å²) in [6.45, 7) is 2.21. The van der Waals surface area contributed by atoms with Crippen molar-refractivity contribution in [2.24, 2.45) is 4.99 Å². The fourth-order valence-electron chi connectivity index (χ4n) is 2.24. The second kappa shape index (κ2) is 5.55. The number of nitrogens with zero attached hydrogens (tertiary/aromatic N) is 1. The van der Waals surface area contributed by atoms with Crippen LogP contribution >= 0.6 is 23.7 Å². The van der Waals surface area contributed by atoms with E-state index < -0.39 is 0 Å². The third-order valence-corrected chi connectivity index (χ3v) is 4.34. The Bertz CT molecular complexity index is 589. The Morgan fingerprint density at radius 3 is 2.89 bits per heavy atom. The summed E-state index contributed by atoms with van der Waals surface area (Å²) >= 11 is 1.89. The molecule has 0 bridgehead atoms. The first kappa shape index (κ1) is 13.1. The number of aryl methyl sites for hydroxylation is 1. The molecule has 1 aliphatic heterocycles. The van der Waals surface area contributed by atoms with E-state index in [1.807, 2.05) is 17.5 Å². The van der Waals surface area contributed by atoms with Crippen molar-refractivity contribution in [1.82, 2.24) is 5.32 Å². The van der Waals surface area contributed by atoms with Gasteiger partial charge in [0.2, 0.25) is 0 Å². The largest absolute Gasteiger partial charge is 0.353 e. The van der Waals surface area contributed by atoms with Crippen LogP contribution in [0.25, 0.3) is 10.1 Å². The molecule has 2 heterocycles. The summed E-state index contributed by atoms with van der Waals surface area (Å²) in [5.74, 6) is 0. The molecule has 1 aromatic carbocycles. The number of rotatable bonds is 2. The first-order chi connectivity index (χ1) is 8.40. The van der Waals surface area contributed by atoms with Crippen molar-refractivity contribution >= 4 is 40.2 Å². The van der Waals surface area contributed by atoms with Crippen LogP contribution in [0.1, 0.15) is 23.4 Å². The molecule has 0 saturated carbocycles. The molecular weight excluding hydrogens is 264 g/mol. The highest BCUT2D eigenvalue weighted by atomic mass is 35.5. The van der Waals surface area contributed by atoms with E-state index in [0.29, 0.717) is 0 Å². The Labute approximate surface area is 117 Å². The summed E-state index contributed by atoms with van der Waals surface area (Å²) in [6, 6.07) is 8.77. The van der Waals surface area contributed by atoms with Crippen LogP contribution < -0.4 is 5.32 Å². The van der Waals surface area contributed by atoms with Crippen molar-refractivity contribution in [3.63, 3.8) is 0 Å². The van der Waals surface area contributed by atoms with E-state index in [0.717, 1.165) is 6.42 Å². The fraction of sp³-hybridized carbons (Fsp3) is 0.214. The second-order valence-corrected chi connectivity index (χ2v) is 5.17. The summed E-state index contributed by atoms with van der Waals surface area (Å²) in [4.78, 5) is 5.96. The summed E-state index contributed by atoms with van der Waals surface area (Å²) < 4.78 is 1.36. The molecular formula is C14H15ClN2S. The molecule has 0 amide bonds. The molecule has 18 heavy (non-hydrogen) atoms. The van der Waals surface area contributed by atoms with Gasteiger partial charge in [-0.05, 0) is 23.9 Å². The fourth-order valence-corrected chi connectivity index (χ4v) is 3.42. The topological polar surface area (TPSA) is 24.4 Å². The number of thiophene rings is 1. The van der Waals surface area contributed by atoms with E-state index in [9.17, 15) is 0 Å². The van der Waals surface area contributed by atoms with Crippen LogP contribution in [0.4, 0.5) is 0 Å². The molecule has 2 nitrogen and oxygen atoms in total. The average Bonchev–Trinajstić information content (AvgIpc) is 2.78. The normalized spacial score (nSPS) is 17.5. The van der Waals surface area contributed by atoms with Crippen molar-refractivity contribution in [3.8, 4) is 0 Å². The maximum absolute atomic E-state index is 4.51. The van der Waals surface area contributed by atoms with Gasteiger partial charge in [-0.3, -0.25) is 4.99 Å². The van der Waals surface area contributed by atoms with Crippen molar-refractivity contribution in [1.29, 1.82) is 0 Å². The predicted molar refractivity (Wildman–Crippen MR) is 82.0 cm³/mol. The Morgan fingerprint density at radius 2 is 2.17 bits per heavy atom. The van der Waals surface area contributed by atoms with Crippen LogP contribution in [0.15, 0.2) is 41.5 Å². The zero-order valence-electron chi connectivity index (χ0n) is 10.1. The first-order valence-electron chi connectivity index (χ1n) is 5.85. The van der Waals surface area contributed by atoms with Crippen molar-refractivity contribution < 1.29 is 0 Å². The Hall–Kier alpha value is -1.32. The summed E-state index contributed by atoms with van der Waals surface area (Å²) in [7, 11) is 0. The smallest absolute Gasteiger partial charge is 0.0981 e. The first-order valence-corrected chi connectivity index (χ1v) is 6.66. The standard InChI is InChI=1S/C14H14N2S.ClH/c1-2-12-14(11-7-8-15-9-16-11)10-5-3-4-6-13(10)17-12;/h3-9,11H,2H2,1H3,(H,15,16);1H. The van der Waals surface area contributed by atoms with E-state index in [4.69, 9.17) is 0 Å². The molecule has 94 valence electrons. The van der Waals surface area contributed by atoms with Gasteiger partial charge in [0.25, 0.3) is 0 Å². The lowest BCUT2D eigenvalue weighted by molar-refractivity contribution is 0.880. The van der Waals surface area contributed by atoms with Crippen LogP contribution in [0.3, 0.4) is 0 Å². The minimum atomic E-state index is 0. The molecule has 1 unspecified atom stereocenters. The van der Waals surface area contributed by atoms with Crippen molar-refractivity contribution in [2.75, 3.05) is 0 Å². The van der Waals surface area contributed by atoms with Gasteiger partial charge in [-0.15, -0.1) is 23.7 Å². The minimum absolute atomic E-state index is 0. The lowest BCUT2D eigenvalue weighted by Gasteiger charge is -2.12. The van der Waals surface area contributed by atoms with E-state index >= 15 is 0 Å². The number of fused-ring (bicyclic) bond motifs is 1. The van der Waals surface area contributed by atoms with Gasteiger partial charge in [-0.25, -0.2) is 0 Å². The maximum Gasteiger partial charge on any atom is 0.0981 e. The second-order valence-electron chi connectivity index (χ2n) is 4.04. The maximum atomic E-state index is 4.51. The molecule has 2 aromatic rings. The number of hydrogen-bond acceptors (Lipinski definition) is 3. The van der Waals surface area contributed by atoms with Gasteiger partial charge >= 0.3 is 0 Å². The Kier molecular flexibility index (Phi) is 4.04. The van der Waals surface area contributed by atoms with E-state index in [2.05, 4.69) is 47.6 Å². The summed E-state index contributed by atoms with van der Waals surface area (Å²) in [5.41, 5.74) is 1.38. The Morgan fingerprint density at radius 1 is 1.33 bits per heavy atom. The van der Waals surface area contributed by atoms with Crippen molar-refractivity contribution in [3.05, 3.63) is 47.0 Å². The predicted octanol–water partition coefficient (Wildman–Crippen LogP) is 4.07. The molecule has 0 radical (unpaired) electrons. The van der Waals surface area contributed by atoms with E-state index in [1.54, 1.807) is 6.34 Å². The lowest BCUT2D eigenvalue weighted by atomic mass is 10.0. The van der Waals surface area contributed by atoms with Crippen LogP contribution in [0.5, 0.6) is 0 Å². The molecule has 4 heteroatoms. The molecule has 1 aliphatic rings. The van der Waals surface area contributed by atoms with Crippen LogP contribution in [-0.4, -0.2) is 6.34 Å². The molecule has 3 rings (SSSR count). The van der Waals surface area contributed by atoms with Crippen LogP contribution in [-0.2, 0) is 6.42 Å². The van der Waals surface area contributed by atoms with Gasteiger partial charge in [-0.1, -0.05) is 25.1 Å². The molecule has 1 aromatic heterocycles. The molecule has 0 saturated heterocycles. The molecule has 0 aliphatic carbocycles. The van der Waals surface area contributed by atoms with Gasteiger partial charge in [0.05, 0.1) is 12.4 Å². The third kappa shape index (κ3) is 2.16. The number of benzene rings is 1. The molecule has 0 fully saturated rings. The number of halogens is 1. The van der Waals surface area contributed by atoms with Gasteiger partial charge in [-0.2, -0.15) is 0 Å². The highest BCUT2D eigenvalue weighted by Crippen LogP contribution is 2.37. The number of nitrogens with one attached hydrogen (secondary N) is 1. The van der Waals surface area contributed by atoms with Gasteiger partial charge in [0.15, 0.2) is 0 Å². The van der Waals surface area contributed by atoms with E-state index in [-0.39, 0.29) is 18.4 Å². The van der Waals surface area contributed by atoms with Gasteiger partial charge in [0, 0.05) is 21.3 Å². The van der Waals surface area contributed by atoms with Gasteiger partial charge in [0.1, 0.15) is 0 Å². The van der Waals surface area contributed by atoms with Gasteiger partial charge < -0.3 is 5.32 Å². The summed E-state index contributed by atoms with van der Waals surface area (Å²) in [6.07, 6.45) is 6.93. The highest BCUT2D eigenvalue weighted by Gasteiger charge is 2.17. The summed E-state index contributed by atoms with van der Waals surface area (Å²) in [5, 5.41) is 4.34. The third-order valence-electron chi connectivity index (χ3n) is 3.01. The molecule has 1 N–H and O–H groups in total. The van der Waals surface area contributed by atoms with Crippen LogP contribution in [0, 0.1) is 0 Å². The monoisotopic (exact) mass is 278 g/mol. The van der Waals surface area contributed by atoms with Crippen molar-refractivity contribution in [2.45, 2.75) is 19.4 Å². The average molecular weight is 279 g/mol. The zero-order chi connectivity index (χ0) is 11.7. The minimum Gasteiger partial charge on any atom is -0.353 e. The highest BCUT2D eigenvalue weighted by molar-refractivity contribution is 7.19.